The van der Waals surface area contributed by atoms with Crippen molar-refractivity contribution in [1.82, 2.24) is 0 Å². The zero-order valence-corrected chi connectivity index (χ0v) is 15.4. The van der Waals surface area contributed by atoms with E-state index in [1.807, 2.05) is 0 Å². The largest absolute Gasteiger partial charge is 0.396 e. The highest BCUT2D eigenvalue weighted by Crippen LogP contribution is 2.31. The van der Waals surface area contributed by atoms with E-state index < -0.39 is 0 Å². The molecule has 0 aromatic heterocycles. The van der Waals surface area contributed by atoms with Crippen LogP contribution in [-0.2, 0) is 12.8 Å². The summed E-state index contributed by atoms with van der Waals surface area (Å²) in [6, 6.07) is 7.08. The van der Waals surface area contributed by atoms with Crippen molar-refractivity contribution in [3.05, 3.63) is 34.9 Å². The molecule has 0 radical (unpaired) electrons. The van der Waals surface area contributed by atoms with Crippen molar-refractivity contribution in [3.8, 4) is 0 Å². The van der Waals surface area contributed by atoms with Crippen LogP contribution < -0.4 is 5.73 Å². The van der Waals surface area contributed by atoms with E-state index in [0.29, 0.717) is 19.1 Å². The Morgan fingerprint density at radius 2 is 2.17 bits per heavy atom. The van der Waals surface area contributed by atoms with Crippen LogP contribution in [0.25, 0.3) is 0 Å². The van der Waals surface area contributed by atoms with Crippen molar-refractivity contribution in [1.29, 1.82) is 0 Å². The zero-order valence-electron chi connectivity index (χ0n) is 14.6. The molecule has 130 valence electrons. The lowest BCUT2D eigenvalue weighted by atomic mass is 9.80. The molecule has 1 aliphatic rings. The number of benzene rings is 1. The van der Waals surface area contributed by atoms with Gasteiger partial charge in [-0.1, -0.05) is 31.5 Å². The average molecular weight is 336 g/mol. The standard InChI is InChI=1S/C20H33NOS/c1-2-23-12-10-16-6-7-18-14-19(9-8-17(18)13-16)20(15-21)5-3-4-11-22/h8-9,14,16,20,22H,2-7,10-13,15,21H2,1H3/t16-,20-/m0/s1. The molecule has 3 N–H and O–H groups in total. The van der Waals surface area contributed by atoms with E-state index in [-0.39, 0.29) is 0 Å². The summed E-state index contributed by atoms with van der Waals surface area (Å²) in [5, 5.41) is 8.95. The molecule has 0 amide bonds. The summed E-state index contributed by atoms with van der Waals surface area (Å²) in [4.78, 5) is 0. The molecule has 1 aromatic rings. The first-order valence-electron chi connectivity index (χ1n) is 9.28. The number of nitrogens with two attached hydrogens (primary N) is 1. The van der Waals surface area contributed by atoms with Crippen molar-refractivity contribution >= 4 is 11.8 Å². The zero-order chi connectivity index (χ0) is 16.5. The number of fused-ring (bicyclic) bond motifs is 1. The molecule has 0 heterocycles. The molecule has 3 heteroatoms. The second-order valence-corrected chi connectivity index (χ2v) is 8.17. The maximum atomic E-state index is 8.95. The lowest BCUT2D eigenvalue weighted by molar-refractivity contribution is 0.281. The van der Waals surface area contributed by atoms with Gasteiger partial charge in [-0.3, -0.25) is 0 Å². The van der Waals surface area contributed by atoms with Gasteiger partial charge in [-0.2, -0.15) is 11.8 Å². The Kier molecular flexibility index (Phi) is 8.49. The van der Waals surface area contributed by atoms with Crippen molar-refractivity contribution in [3.63, 3.8) is 0 Å². The van der Waals surface area contributed by atoms with Gasteiger partial charge in [-0.25, -0.2) is 0 Å². The van der Waals surface area contributed by atoms with Gasteiger partial charge in [0, 0.05) is 6.61 Å². The van der Waals surface area contributed by atoms with Crippen LogP contribution in [0.3, 0.4) is 0 Å². The van der Waals surface area contributed by atoms with E-state index in [4.69, 9.17) is 10.8 Å². The summed E-state index contributed by atoms with van der Waals surface area (Å²) < 4.78 is 0. The molecule has 0 unspecified atom stereocenters. The van der Waals surface area contributed by atoms with E-state index in [0.717, 1.165) is 25.2 Å². The molecule has 23 heavy (non-hydrogen) atoms. The molecular formula is C20H33NOS. The summed E-state index contributed by atoms with van der Waals surface area (Å²) in [7, 11) is 0. The summed E-state index contributed by atoms with van der Waals surface area (Å²) in [6.07, 6.45) is 8.25. The topological polar surface area (TPSA) is 46.2 Å². The van der Waals surface area contributed by atoms with Gasteiger partial charge in [-0.05, 0) is 85.1 Å². The molecule has 1 aliphatic carbocycles. The van der Waals surface area contributed by atoms with Crippen molar-refractivity contribution < 1.29 is 5.11 Å². The van der Waals surface area contributed by atoms with Crippen LogP contribution in [0.2, 0.25) is 0 Å². The molecule has 0 fully saturated rings. The quantitative estimate of drug-likeness (QED) is 0.632. The molecule has 0 spiro atoms. The second-order valence-electron chi connectivity index (χ2n) is 6.77. The Labute approximate surface area is 146 Å². The van der Waals surface area contributed by atoms with E-state index in [9.17, 15) is 0 Å². The molecular weight excluding hydrogens is 302 g/mol. The minimum Gasteiger partial charge on any atom is -0.396 e. The SMILES string of the molecule is CCSCC[C@@H]1CCc2cc([C@H](CN)CCCCO)ccc2C1. The number of thioether (sulfide) groups is 1. The fraction of sp³-hybridized carbons (Fsp3) is 0.700. The normalized spacial score (nSPS) is 18.7. The molecule has 2 nitrogen and oxygen atoms in total. The molecule has 2 rings (SSSR count). The van der Waals surface area contributed by atoms with Gasteiger partial charge in [0.15, 0.2) is 0 Å². The van der Waals surface area contributed by atoms with Gasteiger partial charge in [0.2, 0.25) is 0 Å². The summed E-state index contributed by atoms with van der Waals surface area (Å²) >= 11 is 2.07. The third kappa shape index (κ3) is 5.81. The summed E-state index contributed by atoms with van der Waals surface area (Å²) in [6.45, 7) is 3.25. The first kappa shape index (κ1) is 18.8. The average Bonchev–Trinajstić information content (AvgIpc) is 2.59. The van der Waals surface area contributed by atoms with E-state index in [1.54, 1.807) is 11.1 Å². The first-order chi connectivity index (χ1) is 11.3. The van der Waals surface area contributed by atoms with E-state index >= 15 is 0 Å². The Morgan fingerprint density at radius 1 is 1.30 bits per heavy atom. The predicted octanol–water partition coefficient (Wildman–Crippen LogP) is 4.14. The summed E-state index contributed by atoms with van der Waals surface area (Å²) in [5.41, 5.74) is 10.5. The van der Waals surface area contributed by atoms with Crippen LogP contribution >= 0.6 is 11.8 Å². The van der Waals surface area contributed by atoms with Gasteiger partial charge < -0.3 is 10.8 Å². The number of aryl methyl sites for hydroxylation is 1. The van der Waals surface area contributed by atoms with E-state index in [1.165, 1.54) is 42.8 Å². The van der Waals surface area contributed by atoms with Gasteiger partial charge in [-0.15, -0.1) is 0 Å². The highest BCUT2D eigenvalue weighted by Gasteiger charge is 2.20. The van der Waals surface area contributed by atoms with Crippen LogP contribution in [0.1, 0.15) is 61.6 Å². The molecule has 2 atom stereocenters. The van der Waals surface area contributed by atoms with Crippen LogP contribution in [-0.4, -0.2) is 29.8 Å². The van der Waals surface area contributed by atoms with Gasteiger partial charge >= 0.3 is 0 Å². The van der Waals surface area contributed by atoms with Crippen molar-refractivity contribution in [2.75, 3.05) is 24.7 Å². The van der Waals surface area contributed by atoms with Crippen LogP contribution in [0, 0.1) is 5.92 Å². The number of hydrogen-bond acceptors (Lipinski definition) is 3. The molecule has 1 aromatic carbocycles. The van der Waals surface area contributed by atoms with Gasteiger partial charge in [0.25, 0.3) is 0 Å². The minimum absolute atomic E-state index is 0.291. The van der Waals surface area contributed by atoms with Gasteiger partial charge in [0.1, 0.15) is 0 Å². The molecule has 0 aliphatic heterocycles. The monoisotopic (exact) mass is 335 g/mol. The minimum atomic E-state index is 0.291. The van der Waals surface area contributed by atoms with E-state index in [2.05, 4.69) is 36.9 Å². The van der Waals surface area contributed by atoms with Crippen LogP contribution in [0.5, 0.6) is 0 Å². The Balaban J connectivity index is 1.94. The van der Waals surface area contributed by atoms with Crippen LogP contribution in [0.15, 0.2) is 18.2 Å². The number of aliphatic hydroxyl groups is 1. The van der Waals surface area contributed by atoms with Crippen LogP contribution in [0.4, 0.5) is 0 Å². The fourth-order valence-corrected chi connectivity index (χ4v) is 4.46. The predicted molar refractivity (Wildman–Crippen MR) is 102 cm³/mol. The molecule has 0 saturated carbocycles. The number of aliphatic hydroxyl groups excluding tert-OH is 1. The highest BCUT2D eigenvalue weighted by atomic mass is 32.2. The smallest absolute Gasteiger partial charge is 0.0431 e. The second kappa shape index (κ2) is 10.4. The molecule has 0 saturated heterocycles. The third-order valence-electron chi connectivity index (χ3n) is 5.15. The number of rotatable bonds is 10. The first-order valence-corrected chi connectivity index (χ1v) is 10.4. The molecule has 0 bridgehead atoms. The highest BCUT2D eigenvalue weighted by molar-refractivity contribution is 7.99. The lowest BCUT2D eigenvalue weighted by Gasteiger charge is -2.26. The van der Waals surface area contributed by atoms with Crippen molar-refractivity contribution in [2.45, 2.75) is 57.8 Å². The maximum Gasteiger partial charge on any atom is 0.0431 e. The third-order valence-corrected chi connectivity index (χ3v) is 6.08. The van der Waals surface area contributed by atoms with Gasteiger partial charge in [0.05, 0.1) is 0 Å². The maximum absolute atomic E-state index is 8.95. The Morgan fingerprint density at radius 3 is 2.91 bits per heavy atom. The van der Waals surface area contributed by atoms with Crippen molar-refractivity contribution in [2.24, 2.45) is 11.7 Å². The fourth-order valence-electron chi connectivity index (χ4n) is 3.67. The Bertz CT molecular complexity index is 463. The Hall–Kier alpha value is -0.510. The summed E-state index contributed by atoms with van der Waals surface area (Å²) in [5.74, 6) is 3.88. The lowest BCUT2D eigenvalue weighted by Crippen LogP contribution is -2.17. The number of unbranched alkanes of at least 4 members (excludes halogenated alkanes) is 1. The number of hydrogen-bond donors (Lipinski definition) is 2.